The van der Waals surface area contributed by atoms with Gasteiger partial charge in [0.15, 0.2) is 0 Å². The van der Waals surface area contributed by atoms with Crippen LogP contribution in [0.15, 0.2) is 42.1 Å². The molecule has 3 nitrogen and oxygen atoms in total. The van der Waals surface area contributed by atoms with Crippen LogP contribution < -0.4 is 0 Å². The Morgan fingerprint density at radius 2 is 2.00 bits per heavy atom. The molecule has 2 aromatic rings. The van der Waals surface area contributed by atoms with Crippen LogP contribution in [0.1, 0.15) is 50.8 Å². The zero-order valence-electron chi connectivity index (χ0n) is 14.1. The number of allylic oxidation sites excluding steroid dienone is 3. The fourth-order valence-electron chi connectivity index (χ4n) is 3.00. The molecule has 1 aliphatic rings. The molecule has 0 saturated heterocycles. The van der Waals surface area contributed by atoms with Crippen LogP contribution in [0.3, 0.4) is 0 Å². The summed E-state index contributed by atoms with van der Waals surface area (Å²) in [6.07, 6.45) is 9.66. The summed E-state index contributed by atoms with van der Waals surface area (Å²) >= 11 is 0. The minimum absolute atomic E-state index is 0.257. The topological polar surface area (TPSA) is 41.7 Å². The molecule has 0 spiro atoms. The van der Waals surface area contributed by atoms with Gasteiger partial charge < -0.3 is 5.41 Å². The quantitative estimate of drug-likeness (QED) is 0.734. The number of rotatable bonds is 5. The number of benzene rings is 1. The van der Waals surface area contributed by atoms with E-state index in [1.54, 1.807) is 12.1 Å². The Kier molecular flexibility index (Phi) is 4.74. The molecular weight excluding hydrogens is 301 g/mol. The lowest BCUT2D eigenvalue weighted by Gasteiger charge is -2.09. The molecule has 0 unspecified atom stereocenters. The maximum Gasteiger partial charge on any atom is 0.123 e. The van der Waals surface area contributed by atoms with E-state index >= 15 is 0 Å². The summed E-state index contributed by atoms with van der Waals surface area (Å²) in [5.74, 6) is -0.257. The predicted octanol–water partition coefficient (Wildman–Crippen LogP) is 5.41. The number of nitrogens with zero attached hydrogens (tertiary/aromatic N) is 2. The molecule has 4 heteroatoms. The van der Waals surface area contributed by atoms with Crippen LogP contribution in [0.4, 0.5) is 4.39 Å². The monoisotopic (exact) mass is 323 g/mol. The average Bonchev–Trinajstić information content (AvgIpc) is 2.89. The van der Waals surface area contributed by atoms with E-state index in [4.69, 9.17) is 5.41 Å². The van der Waals surface area contributed by atoms with Gasteiger partial charge in [-0.2, -0.15) is 5.10 Å². The minimum Gasteiger partial charge on any atom is -0.305 e. The zero-order valence-corrected chi connectivity index (χ0v) is 14.1. The largest absolute Gasteiger partial charge is 0.305 e. The van der Waals surface area contributed by atoms with Gasteiger partial charge in [-0.15, -0.1) is 0 Å². The summed E-state index contributed by atoms with van der Waals surface area (Å²) in [6, 6.07) is 6.35. The Labute approximate surface area is 142 Å². The van der Waals surface area contributed by atoms with Crippen molar-refractivity contribution in [1.29, 1.82) is 5.41 Å². The van der Waals surface area contributed by atoms with E-state index in [9.17, 15) is 4.39 Å². The van der Waals surface area contributed by atoms with Gasteiger partial charge in [0.2, 0.25) is 0 Å². The van der Waals surface area contributed by atoms with Gasteiger partial charge in [-0.05, 0) is 49.6 Å². The van der Waals surface area contributed by atoms with Gasteiger partial charge in [0, 0.05) is 16.8 Å². The molecule has 1 aliphatic carbocycles. The number of halogens is 1. The summed E-state index contributed by atoms with van der Waals surface area (Å²) in [4.78, 5) is 0. The van der Waals surface area contributed by atoms with Gasteiger partial charge in [0.25, 0.3) is 0 Å². The molecule has 0 fully saturated rings. The fraction of sp³-hybridized carbons (Fsp3) is 0.300. The maximum absolute atomic E-state index is 13.2. The van der Waals surface area contributed by atoms with Crippen molar-refractivity contribution in [2.45, 2.75) is 39.5 Å². The van der Waals surface area contributed by atoms with Crippen molar-refractivity contribution < 1.29 is 4.39 Å². The van der Waals surface area contributed by atoms with Crippen molar-refractivity contribution in [2.75, 3.05) is 0 Å². The van der Waals surface area contributed by atoms with Crippen molar-refractivity contribution in [3.63, 3.8) is 0 Å². The minimum atomic E-state index is -0.257. The number of hydrogen-bond donors (Lipinski definition) is 1. The number of nitrogens with one attached hydrogen (secondary N) is 1. The first-order chi connectivity index (χ1) is 11.6. The first-order valence-electron chi connectivity index (χ1n) is 8.45. The maximum atomic E-state index is 13.2. The molecule has 0 saturated carbocycles. The molecule has 1 aromatic heterocycles. The Balaban J connectivity index is 2.12. The molecule has 0 aliphatic heterocycles. The second-order valence-corrected chi connectivity index (χ2v) is 6.04. The first-order valence-corrected chi connectivity index (χ1v) is 8.45. The highest BCUT2D eigenvalue weighted by Crippen LogP contribution is 2.31. The normalized spacial score (nSPS) is 13.8. The summed E-state index contributed by atoms with van der Waals surface area (Å²) in [7, 11) is 0. The third-order valence-corrected chi connectivity index (χ3v) is 4.36. The van der Waals surface area contributed by atoms with Crippen LogP contribution in [-0.4, -0.2) is 15.5 Å². The van der Waals surface area contributed by atoms with E-state index in [-0.39, 0.29) is 5.82 Å². The molecule has 124 valence electrons. The third kappa shape index (κ3) is 3.09. The van der Waals surface area contributed by atoms with E-state index in [0.717, 1.165) is 48.2 Å². The number of fused-ring (bicyclic) bond motifs is 1. The number of hydrogen-bond acceptors (Lipinski definition) is 2. The smallest absolute Gasteiger partial charge is 0.123 e. The van der Waals surface area contributed by atoms with Gasteiger partial charge in [0.05, 0.1) is 17.6 Å². The molecule has 0 bridgehead atoms. The van der Waals surface area contributed by atoms with Crippen LogP contribution in [0.25, 0.3) is 17.3 Å². The van der Waals surface area contributed by atoms with Crippen LogP contribution in [0.5, 0.6) is 0 Å². The highest BCUT2D eigenvalue weighted by Gasteiger charge is 2.19. The second kappa shape index (κ2) is 6.95. The lowest BCUT2D eigenvalue weighted by molar-refractivity contribution is 0.627. The van der Waals surface area contributed by atoms with Crippen LogP contribution >= 0.6 is 0 Å². The van der Waals surface area contributed by atoms with E-state index in [2.05, 4.69) is 31.1 Å². The van der Waals surface area contributed by atoms with Crippen molar-refractivity contribution >= 4 is 17.4 Å². The molecule has 0 atom stereocenters. The molecule has 0 radical (unpaired) electrons. The highest BCUT2D eigenvalue weighted by atomic mass is 19.1. The lowest BCUT2D eigenvalue weighted by Crippen LogP contribution is -2.03. The van der Waals surface area contributed by atoms with Gasteiger partial charge in [0.1, 0.15) is 5.82 Å². The molecule has 0 amide bonds. The standard InChI is InChI=1S/C20H22FN3/c1-3-5-19(22)17-11-6-14(4-2)12-20-18(17)13-23-24(20)16-9-7-15(21)8-10-16/h7-13,22H,3-6H2,1-2H3. The van der Waals surface area contributed by atoms with Crippen molar-refractivity contribution in [2.24, 2.45) is 0 Å². The molecule has 1 aromatic carbocycles. The Bertz CT molecular complexity index is 810. The third-order valence-electron chi connectivity index (χ3n) is 4.36. The molecule has 1 heterocycles. The summed E-state index contributed by atoms with van der Waals surface area (Å²) in [5.41, 5.74) is 5.72. The van der Waals surface area contributed by atoms with Crippen LogP contribution in [0, 0.1) is 11.2 Å². The molecular formula is C20H22FN3. The number of aromatic nitrogens is 2. The van der Waals surface area contributed by atoms with E-state index in [1.165, 1.54) is 17.7 Å². The Morgan fingerprint density at radius 1 is 1.25 bits per heavy atom. The zero-order chi connectivity index (χ0) is 17.1. The van der Waals surface area contributed by atoms with E-state index < -0.39 is 0 Å². The van der Waals surface area contributed by atoms with Crippen molar-refractivity contribution in [3.05, 3.63) is 59.2 Å². The SMILES string of the molecule is CCCC(=N)C1=CCC(CC)=Cc2c1cnn2-c1ccc(F)cc1. The fourth-order valence-corrected chi connectivity index (χ4v) is 3.00. The molecule has 24 heavy (non-hydrogen) atoms. The van der Waals surface area contributed by atoms with Gasteiger partial charge in [-0.25, -0.2) is 9.07 Å². The average molecular weight is 323 g/mol. The van der Waals surface area contributed by atoms with Crippen LogP contribution in [0.2, 0.25) is 0 Å². The first kappa shape index (κ1) is 16.4. The summed E-state index contributed by atoms with van der Waals surface area (Å²) in [5, 5.41) is 12.9. The molecule has 3 rings (SSSR count). The van der Waals surface area contributed by atoms with Gasteiger partial charge in [-0.1, -0.05) is 31.9 Å². The highest BCUT2D eigenvalue weighted by molar-refractivity contribution is 6.23. The van der Waals surface area contributed by atoms with Gasteiger partial charge in [-0.3, -0.25) is 0 Å². The van der Waals surface area contributed by atoms with Gasteiger partial charge >= 0.3 is 0 Å². The van der Waals surface area contributed by atoms with Crippen molar-refractivity contribution in [1.82, 2.24) is 9.78 Å². The summed E-state index contributed by atoms with van der Waals surface area (Å²) in [6.45, 7) is 4.23. The predicted molar refractivity (Wildman–Crippen MR) is 97.0 cm³/mol. The molecule has 1 N–H and O–H groups in total. The lowest BCUT2D eigenvalue weighted by atomic mass is 9.98. The van der Waals surface area contributed by atoms with E-state index in [1.807, 2.05) is 10.9 Å². The second-order valence-electron chi connectivity index (χ2n) is 6.04. The van der Waals surface area contributed by atoms with E-state index in [0.29, 0.717) is 5.71 Å². The summed E-state index contributed by atoms with van der Waals surface area (Å²) < 4.78 is 15.1. The Morgan fingerprint density at radius 3 is 2.67 bits per heavy atom. The Hall–Kier alpha value is -2.49. The van der Waals surface area contributed by atoms with Crippen molar-refractivity contribution in [3.8, 4) is 5.69 Å². The van der Waals surface area contributed by atoms with Crippen LogP contribution in [-0.2, 0) is 0 Å².